The summed E-state index contributed by atoms with van der Waals surface area (Å²) in [5.41, 5.74) is 2.22. The number of aromatic carboxylic acids is 1. The Hall–Kier alpha value is -4.55. The van der Waals surface area contributed by atoms with Gasteiger partial charge in [-0.15, -0.1) is 0 Å². The van der Waals surface area contributed by atoms with E-state index in [1.807, 2.05) is 74.1 Å². The Morgan fingerprint density at radius 3 is 2.54 bits per heavy atom. The number of nitrogens with zero attached hydrogens (tertiary/aromatic N) is 3. The average Bonchev–Trinajstić information content (AvgIpc) is 3.62. The molecule has 2 aromatic carbocycles. The van der Waals surface area contributed by atoms with Gasteiger partial charge in [0.25, 0.3) is 11.5 Å². The Kier molecular flexibility index (Phi) is 16.6. The summed E-state index contributed by atoms with van der Waals surface area (Å²) in [7, 11) is 14.9. The van der Waals surface area contributed by atoms with Crippen molar-refractivity contribution in [3.05, 3.63) is 104 Å². The summed E-state index contributed by atoms with van der Waals surface area (Å²) in [5, 5.41) is 28.0. The van der Waals surface area contributed by atoms with Crippen molar-refractivity contribution in [3.63, 3.8) is 0 Å². The van der Waals surface area contributed by atoms with Crippen molar-refractivity contribution in [2.45, 2.75) is 31.3 Å². The molecule has 3 aromatic rings. The van der Waals surface area contributed by atoms with Gasteiger partial charge in [0.05, 0.1) is 38.4 Å². The monoisotopic (exact) mass is 953 g/mol. The Morgan fingerprint density at radius 2 is 1.81 bits per heavy atom. The van der Waals surface area contributed by atoms with E-state index in [0.717, 1.165) is 22.0 Å². The van der Waals surface area contributed by atoms with Crippen LogP contribution in [0.25, 0.3) is 33.4 Å². The number of aliphatic hydroxyl groups is 1. The largest absolute Gasteiger partial charge is 0.478 e. The minimum atomic E-state index is -1.17. The number of nitrogens with one attached hydrogen (secondary N) is 3. The summed E-state index contributed by atoms with van der Waals surface area (Å²) >= 11 is 0. The van der Waals surface area contributed by atoms with E-state index in [2.05, 4.69) is 45.3 Å². The molecule has 1 saturated heterocycles. The zero-order chi connectivity index (χ0) is 45.4. The number of carbonyl (C=O) groups is 3. The molecule has 1 aliphatic carbocycles. The highest BCUT2D eigenvalue weighted by atomic mass is 33.1. The predicted molar refractivity (Wildman–Crippen MR) is 257 cm³/mol. The second-order valence-corrected chi connectivity index (χ2v) is 23.2. The molecule has 21 heteroatoms. The number of ether oxygens (including phenoxy) is 1. The SMILES string of the molecule is CN(C)c1ccc2c(-c3ccc(C(=O)NCCSSCCC(=O)NCC#Cc4cn(C5CC(O)C(COP(P)P)O5)c(=O)[nH]c4=O)cc3C(=O)O)c3ccc(=[N+](C)C)cc-3oc2c1. The third-order valence-corrected chi connectivity index (χ3v) is 13.7. The number of aromatic amines is 1. The Bertz CT molecular complexity index is 2750. The highest BCUT2D eigenvalue weighted by molar-refractivity contribution is 8.76. The van der Waals surface area contributed by atoms with E-state index in [0.29, 0.717) is 40.5 Å². The lowest BCUT2D eigenvalue weighted by Crippen LogP contribution is -2.33. The quantitative estimate of drug-likeness (QED) is 0.0236. The molecule has 1 aromatic heterocycles. The number of benzene rings is 3. The van der Waals surface area contributed by atoms with Crippen molar-refractivity contribution in [2.24, 2.45) is 0 Å². The van der Waals surface area contributed by atoms with Gasteiger partial charge >= 0.3 is 11.7 Å². The maximum Gasteiger partial charge on any atom is 0.336 e. The molecule has 0 radical (unpaired) electrons. The molecule has 3 aliphatic rings. The van der Waals surface area contributed by atoms with E-state index < -0.39 is 49.1 Å². The number of hydrogen-bond donors (Lipinski definition) is 5. The van der Waals surface area contributed by atoms with Gasteiger partial charge in [-0.25, -0.2) is 14.2 Å². The number of aromatic nitrogens is 2. The number of fused-ring (bicyclic) bond motifs is 2. The first kappa shape index (κ1) is 47.9. The summed E-state index contributed by atoms with van der Waals surface area (Å²) in [5.74, 6) is 5.20. The van der Waals surface area contributed by atoms with Crippen LogP contribution < -0.4 is 36.7 Å². The molecule has 3 heterocycles. The first-order valence-electron chi connectivity index (χ1n) is 19.6. The molecule has 2 aliphatic heterocycles. The van der Waals surface area contributed by atoms with Crippen LogP contribution in [0.1, 0.15) is 45.3 Å². The molecule has 63 heavy (non-hydrogen) atoms. The fraction of sp³-hybridized carbons (Fsp3) is 0.333. The van der Waals surface area contributed by atoms with Crippen LogP contribution in [0.5, 0.6) is 0 Å². The molecular formula is C42H48N6O10P3S2+. The molecule has 0 bridgehead atoms. The number of hydrogen-bond acceptors (Lipinski definition) is 12. The highest BCUT2D eigenvalue weighted by Crippen LogP contribution is 2.54. The predicted octanol–water partition coefficient (Wildman–Crippen LogP) is 4.16. The average molecular weight is 954 g/mol. The first-order valence-corrected chi connectivity index (χ1v) is 26.5. The third-order valence-electron chi connectivity index (χ3n) is 9.94. The molecular weight excluding hydrogens is 906 g/mol. The molecule has 5 atom stereocenters. The van der Waals surface area contributed by atoms with Crippen LogP contribution in [0, 0.1) is 11.8 Å². The lowest BCUT2D eigenvalue weighted by Gasteiger charge is -2.19. The highest BCUT2D eigenvalue weighted by Gasteiger charge is 2.36. The smallest absolute Gasteiger partial charge is 0.336 e. The van der Waals surface area contributed by atoms with Crippen LogP contribution in [0.3, 0.4) is 0 Å². The van der Waals surface area contributed by atoms with Crippen molar-refractivity contribution in [1.82, 2.24) is 24.8 Å². The lowest BCUT2D eigenvalue weighted by molar-refractivity contribution is -0.120. The molecule has 6 rings (SSSR count). The number of carbonyl (C=O) groups excluding carboxylic acids is 2. The number of carboxylic acids is 1. The zero-order valence-corrected chi connectivity index (χ0v) is 39.7. The third kappa shape index (κ3) is 12.2. The van der Waals surface area contributed by atoms with Gasteiger partial charge in [-0.1, -0.05) is 57.4 Å². The number of anilines is 1. The van der Waals surface area contributed by atoms with Gasteiger partial charge in [0.15, 0.2) is 0 Å². The van der Waals surface area contributed by atoms with Gasteiger partial charge in [0, 0.05) is 91.1 Å². The molecule has 0 spiro atoms. The molecule has 5 unspecified atom stereocenters. The fourth-order valence-electron chi connectivity index (χ4n) is 6.71. The topological polar surface area (TPSA) is 208 Å². The fourth-order valence-corrected chi connectivity index (χ4v) is 9.44. The van der Waals surface area contributed by atoms with E-state index >= 15 is 0 Å². The minimum Gasteiger partial charge on any atom is -0.478 e. The van der Waals surface area contributed by atoms with E-state index in [1.165, 1.54) is 38.4 Å². The Morgan fingerprint density at radius 1 is 1.05 bits per heavy atom. The summed E-state index contributed by atoms with van der Waals surface area (Å²) in [6.07, 6.45) is -0.692. The summed E-state index contributed by atoms with van der Waals surface area (Å²) in [6.45, 7) is 0.430. The second-order valence-electron chi connectivity index (χ2n) is 14.7. The van der Waals surface area contributed by atoms with Crippen molar-refractivity contribution >= 4 is 81.4 Å². The molecule has 16 nitrogen and oxygen atoms in total. The van der Waals surface area contributed by atoms with E-state index in [1.54, 1.807) is 12.1 Å². The number of rotatable bonds is 16. The number of carboxylic acid groups (broad SMARTS) is 1. The standard InChI is InChI=1S/C42H47N6O10P3S2/c1-46(2)26-8-11-29-33(19-26)57-34-20-27(47(3)4)9-12-30(34)38(29)28-10-7-24(18-31(28)41(53)54)39(51)44-15-17-63-62-16-13-36(50)43-14-5-6-25-22-48(42(55)45-40(25)52)37-21-32(49)35(58-37)23-56-61(59)60/h7-12,18-20,22,32,35,37,49H,13-17,21,23,59-60H2,1-4H3,(H3-,43,44,45,50,51,52,53,54,55)/p+1. The van der Waals surface area contributed by atoms with Gasteiger partial charge in [-0.2, -0.15) is 0 Å². The summed E-state index contributed by atoms with van der Waals surface area (Å²) < 4.78 is 20.9. The molecule has 2 amide bonds. The van der Waals surface area contributed by atoms with Crippen LogP contribution in [0.4, 0.5) is 5.69 Å². The maximum atomic E-state index is 13.2. The van der Waals surface area contributed by atoms with E-state index in [-0.39, 0.29) is 48.6 Å². The van der Waals surface area contributed by atoms with Crippen LogP contribution >= 0.6 is 47.0 Å². The van der Waals surface area contributed by atoms with Crippen molar-refractivity contribution in [1.29, 1.82) is 0 Å². The van der Waals surface area contributed by atoms with Gasteiger partial charge in [-0.3, -0.25) is 23.9 Å². The van der Waals surface area contributed by atoms with Crippen molar-refractivity contribution < 1.29 is 38.3 Å². The van der Waals surface area contributed by atoms with Gasteiger partial charge < -0.3 is 39.4 Å². The van der Waals surface area contributed by atoms with E-state index in [9.17, 15) is 34.2 Å². The summed E-state index contributed by atoms with van der Waals surface area (Å²) in [6, 6.07) is 16.3. The Labute approximate surface area is 376 Å². The van der Waals surface area contributed by atoms with Crippen LogP contribution in [0.15, 0.2) is 74.8 Å². The van der Waals surface area contributed by atoms with Gasteiger partial charge in [0.1, 0.15) is 43.3 Å². The Balaban J connectivity index is 0.989. The van der Waals surface area contributed by atoms with Gasteiger partial charge in [0.2, 0.25) is 11.3 Å². The molecule has 332 valence electrons. The van der Waals surface area contributed by atoms with Crippen LogP contribution in [0.2, 0.25) is 0 Å². The number of aliphatic hydroxyl groups excluding tert-OH is 1. The van der Waals surface area contributed by atoms with Crippen molar-refractivity contribution in [3.8, 4) is 34.3 Å². The normalized spacial score (nSPS) is 15.9. The van der Waals surface area contributed by atoms with Crippen LogP contribution in [-0.4, -0.2) is 109 Å². The molecule has 1 fully saturated rings. The number of H-pyrrole nitrogens is 1. The number of amides is 2. The maximum absolute atomic E-state index is 13.2. The van der Waals surface area contributed by atoms with E-state index in [4.69, 9.17) is 13.7 Å². The zero-order valence-electron chi connectivity index (χ0n) is 34.9. The first-order chi connectivity index (χ1) is 30.1. The molecule has 0 saturated carbocycles. The summed E-state index contributed by atoms with van der Waals surface area (Å²) in [4.78, 5) is 67.4. The minimum absolute atomic E-state index is 0.00238. The van der Waals surface area contributed by atoms with Gasteiger partial charge in [-0.05, 0) is 35.9 Å². The van der Waals surface area contributed by atoms with Crippen LogP contribution in [-0.2, 0) is 14.1 Å². The van der Waals surface area contributed by atoms with Crippen molar-refractivity contribution in [2.75, 3.05) is 64.3 Å². The lowest BCUT2D eigenvalue weighted by atomic mass is 9.89. The molecule has 5 N–H and O–H groups in total. The second kappa shape index (κ2) is 21.9.